The van der Waals surface area contributed by atoms with Crippen molar-refractivity contribution in [2.24, 2.45) is 0 Å². The Morgan fingerprint density at radius 2 is 0.592 bits per heavy atom. The Bertz CT molecular complexity index is 5590. The number of hydrogen-bond donors (Lipinski definition) is 0. The van der Waals surface area contributed by atoms with E-state index in [4.69, 9.17) is 21.5 Å². The molecule has 0 unspecified atom stereocenters. The van der Waals surface area contributed by atoms with Crippen molar-refractivity contribution in [2.45, 2.75) is 0 Å². The van der Waals surface area contributed by atoms with Crippen LogP contribution in [0.25, 0.3) is 172 Å². The highest BCUT2D eigenvalue weighted by atomic mass is 15.0. The van der Waals surface area contributed by atoms with E-state index in [1.165, 1.54) is 0 Å². The third-order valence-electron chi connectivity index (χ3n) is 18.6. The Morgan fingerprint density at radius 1 is 0.265 bits per heavy atom. The molecule has 3 aromatic heterocycles. The van der Waals surface area contributed by atoms with Crippen molar-refractivity contribution in [3.8, 4) is 136 Å². The van der Waals surface area contributed by atoms with Crippen LogP contribution in [0.3, 0.4) is 0 Å². The third-order valence-corrected chi connectivity index (χ3v) is 18.6. The summed E-state index contributed by atoms with van der Waals surface area (Å²) in [6.07, 6.45) is 0. The van der Waals surface area contributed by atoms with Gasteiger partial charge in [-0.15, -0.1) is 0 Å². The molecule has 0 saturated heterocycles. The molecule has 0 N–H and O–H groups in total. The summed E-state index contributed by atoms with van der Waals surface area (Å²) in [6.45, 7) is 7.91. The van der Waals surface area contributed by atoms with Gasteiger partial charge in [0.1, 0.15) is 0 Å². The molecule has 0 atom stereocenters. The molecule has 0 saturated carbocycles. The Kier molecular flexibility index (Phi) is 14.5. The molecule has 454 valence electrons. The van der Waals surface area contributed by atoms with Gasteiger partial charge in [0.25, 0.3) is 0 Å². The van der Waals surface area contributed by atoms with E-state index in [2.05, 4.69) is 232 Å². The normalized spacial score (nSPS) is 11.2. The van der Waals surface area contributed by atoms with E-state index in [0.29, 0.717) is 39.9 Å². The lowest BCUT2D eigenvalue weighted by Gasteiger charge is -2.17. The van der Waals surface area contributed by atoms with Crippen molar-refractivity contribution >= 4 is 49.3 Å². The molecule has 0 bridgehead atoms. The number of nitriles is 2. The van der Waals surface area contributed by atoms with Crippen LogP contribution in [0.1, 0.15) is 11.1 Å². The van der Waals surface area contributed by atoms with Crippen LogP contribution >= 0.6 is 0 Å². The number of benzene rings is 14. The summed E-state index contributed by atoms with van der Waals surface area (Å²) < 4.78 is 4.69. The van der Waals surface area contributed by atoms with E-state index < -0.39 is 0 Å². The molecule has 0 amide bonds. The van der Waals surface area contributed by atoms with Gasteiger partial charge in [-0.3, -0.25) is 0 Å². The summed E-state index contributed by atoms with van der Waals surface area (Å²) in [5.74, 6) is 1.23. The third kappa shape index (κ3) is 10.6. The fourth-order valence-corrected chi connectivity index (χ4v) is 13.9. The zero-order valence-corrected chi connectivity index (χ0v) is 52.8. The minimum Gasteiger partial charge on any atom is -0.309 e. The molecular formula is C90H54N8. The fourth-order valence-electron chi connectivity index (χ4n) is 13.9. The number of rotatable bonds is 12. The fraction of sp³-hybridized carbons (Fsp3) is 0. The minimum atomic E-state index is 0.407. The van der Waals surface area contributed by atoms with Gasteiger partial charge in [-0.2, -0.15) is 10.5 Å². The van der Waals surface area contributed by atoms with Crippen molar-refractivity contribution in [1.29, 1.82) is 10.5 Å². The summed E-state index contributed by atoms with van der Waals surface area (Å²) in [5, 5.41) is 25.1. The first kappa shape index (κ1) is 58.0. The summed E-state index contributed by atoms with van der Waals surface area (Å²) in [7, 11) is 0. The van der Waals surface area contributed by atoms with Gasteiger partial charge in [0.2, 0.25) is 0 Å². The predicted octanol–water partition coefficient (Wildman–Crippen LogP) is 23.0. The first-order chi connectivity index (χ1) is 48.4. The smallest absolute Gasteiger partial charge is 0.187 e. The van der Waals surface area contributed by atoms with Gasteiger partial charge in [0.05, 0.1) is 51.9 Å². The summed E-state index contributed by atoms with van der Waals surface area (Å²) in [6, 6.07) is 118. The number of fused-ring (bicyclic) bond motifs is 6. The summed E-state index contributed by atoms with van der Waals surface area (Å²) >= 11 is 0. The molecule has 0 radical (unpaired) electrons. The van der Waals surface area contributed by atoms with E-state index >= 15 is 0 Å². The maximum atomic E-state index is 10.6. The Labute approximate surface area is 566 Å². The van der Waals surface area contributed by atoms with Crippen LogP contribution in [0, 0.1) is 29.2 Å². The monoisotopic (exact) mass is 1250 g/mol. The lowest BCUT2D eigenvalue weighted by atomic mass is 9.95. The van der Waals surface area contributed by atoms with Crippen molar-refractivity contribution in [3.63, 3.8) is 0 Å². The lowest BCUT2D eigenvalue weighted by Crippen LogP contribution is -2.03. The van der Waals surface area contributed by atoms with Crippen molar-refractivity contribution in [3.05, 3.63) is 350 Å². The van der Waals surface area contributed by atoms with Gasteiger partial charge in [0, 0.05) is 55.2 Å². The molecule has 0 aliphatic carbocycles. The summed E-state index contributed by atoms with van der Waals surface area (Å²) in [5.41, 5.74) is 23.6. The lowest BCUT2D eigenvalue weighted by molar-refractivity contribution is 1.07. The molecule has 98 heavy (non-hydrogen) atoms. The van der Waals surface area contributed by atoms with Crippen LogP contribution in [0.15, 0.2) is 328 Å². The molecule has 0 fully saturated rings. The zero-order valence-electron chi connectivity index (χ0n) is 52.8. The van der Waals surface area contributed by atoms with Crippen molar-refractivity contribution in [2.75, 3.05) is 0 Å². The topological polar surface area (TPSA) is 100 Å². The molecule has 0 spiro atoms. The molecule has 0 aliphatic rings. The molecule has 17 aromatic rings. The van der Waals surface area contributed by atoms with Gasteiger partial charge in [-0.05, 0) is 175 Å². The average Bonchev–Trinajstić information content (AvgIpc) is 1.50. The first-order valence-corrected chi connectivity index (χ1v) is 32.4. The van der Waals surface area contributed by atoms with Crippen LogP contribution in [0.5, 0.6) is 0 Å². The van der Waals surface area contributed by atoms with Gasteiger partial charge < -0.3 is 9.13 Å². The molecule has 0 aliphatic heterocycles. The van der Waals surface area contributed by atoms with Gasteiger partial charge in [-0.1, -0.05) is 224 Å². The van der Waals surface area contributed by atoms with Gasteiger partial charge in [-0.25, -0.2) is 19.8 Å². The minimum absolute atomic E-state index is 0.407. The Morgan fingerprint density at radius 3 is 0.980 bits per heavy atom. The van der Waals surface area contributed by atoms with E-state index in [0.717, 1.165) is 144 Å². The number of aromatic nitrogens is 5. The van der Waals surface area contributed by atoms with Crippen molar-refractivity contribution in [1.82, 2.24) is 24.1 Å². The molecule has 8 nitrogen and oxygen atoms in total. The highest BCUT2D eigenvalue weighted by Gasteiger charge is 2.24. The van der Waals surface area contributed by atoms with E-state index in [1.54, 1.807) is 0 Å². The maximum Gasteiger partial charge on any atom is 0.187 e. The van der Waals surface area contributed by atoms with Crippen LogP contribution in [-0.4, -0.2) is 24.1 Å². The van der Waals surface area contributed by atoms with Gasteiger partial charge >= 0.3 is 0 Å². The standard InChI is InChI=1S/C90H54N8/c1-93-74-40-34-64(35-41-74)71-47-73(51-76(49-71)98-86-44-38-67(61-22-10-4-11-23-61)54-82(86)83-55-68(39-45-87(83)98)62-24-12-5-13-25-62)89-94-88(95-90(96-89)79-29-17-16-28-78(79)77-27-15-14-26-69(77)57-92)72-46-70(63-32-30-58(56-91)31-33-63)48-75(50-72)97-84-42-36-65(59-18-6-2-7-19-59)52-80(84)81-53-66(37-43-85(81)97)60-20-8-3-9-21-60/h2-55H. The van der Waals surface area contributed by atoms with Crippen LogP contribution in [0.2, 0.25) is 0 Å². The summed E-state index contributed by atoms with van der Waals surface area (Å²) in [4.78, 5) is 20.6. The molecule has 17 rings (SSSR count). The first-order valence-electron chi connectivity index (χ1n) is 32.4. The highest BCUT2D eigenvalue weighted by molar-refractivity contribution is 6.13. The van der Waals surface area contributed by atoms with E-state index in [1.807, 2.05) is 121 Å². The zero-order chi connectivity index (χ0) is 65.6. The second kappa shape index (κ2) is 24.6. The molecular weight excluding hydrogens is 1190 g/mol. The maximum absolute atomic E-state index is 10.6. The van der Waals surface area contributed by atoms with Gasteiger partial charge in [0.15, 0.2) is 23.2 Å². The molecule has 3 heterocycles. The largest absolute Gasteiger partial charge is 0.309 e. The number of nitrogens with zero attached hydrogens (tertiary/aromatic N) is 8. The average molecular weight is 1250 g/mol. The van der Waals surface area contributed by atoms with Crippen LogP contribution < -0.4 is 0 Å². The highest BCUT2D eigenvalue weighted by Crippen LogP contribution is 2.44. The predicted molar refractivity (Wildman–Crippen MR) is 399 cm³/mol. The second-order valence-electron chi connectivity index (χ2n) is 24.5. The molecule has 14 aromatic carbocycles. The Hall–Kier alpha value is -13.8. The van der Waals surface area contributed by atoms with Crippen LogP contribution in [0.4, 0.5) is 5.69 Å². The van der Waals surface area contributed by atoms with E-state index in [9.17, 15) is 10.5 Å². The quantitative estimate of drug-likeness (QED) is 0.113. The van der Waals surface area contributed by atoms with Crippen molar-refractivity contribution < 1.29 is 0 Å². The van der Waals surface area contributed by atoms with E-state index in [-0.39, 0.29) is 0 Å². The Balaban J connectivity index is 0.937. The number of hydrogen-bond acceptors (Lipinski definition) is 5. The SMILES string of the molecule is [C-]#[N+]c1ccc(-c2cc(-c3nc(-c4cc(-c5ccc(C#N)cc5)cc(-n5c6ccc(-c7ccccc7)cc6c6cc(-c7ccccc7)ccc65)c4)nc(-c4ccccc4-c4ccccc4C#N)n3)cc(-n3c4ccc(-c5ccccc5)cc4c4cc(-c5ccccc5)ccc43)c2)cc1. The molecule has 8 heteroatoms. The second-order valence-corrected chi connectivity index (χ2v) is 24.5. The van der Waals surface area contributed by atoms with Crippen LogP contribution in [-0.2, 0) is 0 Å².